The van der Waals surface area contributed by atoms with Gasteiger partial charge in [0.1, 0.15) is 5.75 Å². The van der Waals surface area contributed by atoms with Crippen LogP contribution in [0.1, 0.15) is 11.3 Å². The number of rotatable bonds is 8. The average Bonchev–Trinajstić information content (AvgIpc) is 3.16. The van der Waals surface area contributed by atoms with Crippen molar-refractivity contribution in [1.29, 1.82) is 0 Å². The maximum Gasteiger partial charge on any atom is 0.322 e. The Bertz CT molecular complexity index is 966. The first-order chi connectivity index (χ1) is 14.1. The highest BCUT2D eigenvalue weighted by Gasteiger charge is 2.15. The van der Waals surface area contributed by atoms with Crippen molar-refractivity contribution >= 4 is 27.6 Å². The zero-order chi connectivity index (χ0) is 20.6. The van der Waals surface area contributed by atoms with Crippen molar-refractivity contribution in [2.24, 2.45) is 0 Å². The van der Waals surface area contributed by atoms with Crippen molar-refractivity contribution in [3.05, 3.63) is 95.2 Å². The SMILES string of the molecule is C=CCN(Cc1cccn1Cc1cccc(OC)c1)C(=O)Nc1ccc(Br)cc1. The molecule has 3 aromatic rings. The van der Waals surface area contributed by atoms with Gasteiger partial charge in [0.25, 0.3) is 0 Å². The van der Waals surface area contributed by atoms with E-state index in [1.807, 2.05) is 60.8 Å². The van der Waals surface area contributed by atoms with E-state index >= 15 is 0 Å². The standard InChI is InChI=1S/C23H24BrN3O2/c1-3-13-27(23(28)25-20-11-9-19(24)10-12-20)17-21-7-5-14-26(21)16-18-6-4-8-22(15-18)29-2/h3-12,14-15H,1,13,16-17H2,2H3,(H,25,28). The molecule has 2 aromatic carbocycles. The number of nitrogens with zero attached hydrogens (tertiary/aromatic N) is 2. The predicted molar refractivity (Wildman–Crippen MR) is 120 cm³/mol. The van der Waals surface area contributed by atoms with E-state index in [4.69, 9.17) is 4.74 Å². The van der Waals surface area contributed by atoms with Crippen LogP contribution in [0, 0.1) is 0 Å². The van der Waals surface area contributed by atoms with Crippen LogP contribution in [-0.2, 0) is 13.1 Å². The van der Waals surface area contributed by atoms with Gasteiger partial charge in [-0.2, -0.15) is 0 Å². The molecule has 6 heteroatoms. The lowest BCUT2D eigenvalue weighted by Gasteiger charge is -2.23. The van der Waals surface area contributed by atoms with Crippen LogP contribution in [0.15, 0.2) is 84.0 Å². The Balaban J connectivity index is 1.72. The molecule has 1 heterocycles. The summed E-state index contributed by atoms with van der Waals surface area (Å²) in [5.41, 5.74) is 2.93. The van der Waals surface area contributed by atoms with Crippen LogP contribution in [0.3, 0.4) is 0 Å². The van der Waals surface area contributed by atoms with Gasteiger partial charge in [-0.05, 0) is 54.1 Å². The second-order valence-corrected chi connectivity index (χ2v) is 7.50. The number of aromatic nitrogens is 1. The van der Waals surface area contributed by atoms with Gasteiger partial charge in [-0.25, -0.2) is 4.79 Å². The number of hydrogen-bond acceptors (Lipinski definition) is 2. The monoisotopic (exact) mass is 453 g/mol. The van der Waals surface area contributed by atoms with Crippen LogP contribution in [0.4, 0.5) is 10.5 Å². The minimum absolute atomic E-state index is 0.165. The van der Waals surface area contributed by atoms with Gasteiger partial charge in [0.2, 0.25) is 0 Å². The Morgan fingerprint density at radius 1 is 1.21 bits per heavy atom. The number of ether oxygens (including phenoxy) is 1. The Morgan fingerprint density at radius 3 is 2.72 bits per heavy atom. The summed E-state index contributed by atoms with van der Waals surface area (Å²) in [6, 6.07) is 19.4. The number of carbonyl (C=O) groups is 1. The topological polar surface area (TPSA) is 46.5 Å². The van der Waals surface area contributed by atoms with E-state index in [9.17, 15) is 4.79 Å². The molecule has 0 bridgehead atoms. The first kappa shape index (κ1) is 20.7. The molecule has 0 saturated heterocycles. The summed E-state index contributed by atoms with van der Waals surface area (Å²) in [5, 5.41) is 2.94. The molecule has 3 rings (SSSR count). The molecule has 0 fully saturated rings. The van der Waals surface area contributed by atoms with Crippen molar-refractivity contribution < 1.29 is 9.53 Å². The summed E-state index contributed by atoms with van der Waals surface area (Å²) in [5.74, 6) is 0.832. The van der Waals surface area contributed by atoms with Gasteiger partial charge in [-0.1, -0.05) is 34.1 Å². The van der Waals surface area contributed by atoms with Gasteiger partial charge in [0.15, 0.2) is 0 Å². The minimum Gasteiger partial charge on any atom is -0.497 e. The van der Waals surface area contributed by atoms with Crippen LogP contribution >= 0.6 is 15.9 Å². The lowest BCUT2D eigenvalue weighted by Crippen LogP contribution is -2.35. The summed E-state index contributed by atoms with van der Waals surface area (Å²) in [6.45, 7) is 5.42. The molecule has 29 heavy (non-hydrogen) atoms. The summed E-state index contributed by atoms with van der Waals surface area (Å²) in [7, 11) is 1.66. The van der Waals surface area contributed by atoms with E-state index in [-0.39, 0.29) is 6.03 Å². The lowest BCUT2D eigenvalue weighted by atomic mass is 10.2. The number of hydrogen-bond donors (Lipinski definition) is 1. The molecule has 1 N–H and O–H groups in total. The van der Waals surface area contributed by atoms with Crippen molar-refractivity contribution in [2.45, 2.75) is 13.1 Å². The molecule has 0 unspecified atom stereocenters. The van der Waals surface area contributed by atoms with Crippen molar-refractivity contribution in [3.63, 3.8) is 0 Å². The highest BCUT2D eigenvalue weighted by Crippen LogP contribution is 2.17. The lowest BCUT2D eigenvalue weighted by molar-refractivity contribution is 0.214. The number of benzene rings is 2. The second-order valence-electron chi connectivity index (χ2n) is 6.59. The first-order valence-electron chi connectivity index (χ1n) is 9.28. The van der Waals surface area contributed by atoms with E-state index in [0.717, 1.165) is 27.2 Å². The van der Waals surface area contributed by atoms with Crippen LogP contribution in [0.25, 0.3) is 0 Å². The number of anilines is 1. The zero-order valence-corrected chi connectivity index (χ0v) is 17.9. The number of methoxy groups -OCH3 is 1. The van der Waals surface area contributed by atoms with Gasteiger partial charge in [-0.3, -0.25) is 0 Å². The Morgan fingerprint density at radius 2 is 2.00 bits per heavy atom. The smallest absolute Gasteiger partial charge is 0.322 e. The van der Waals surface area contributed by atoms with Gasteiger partial charge < -0.3 is 19.5 Å². The summed E-state index contributed by atoms with van der Waals surface area (Å²) < 4.78 is 8.41. The maximum absolute atomic E-state index is 12.8. The third-order valence-corrected chi connectivity index (χ3v) is 5.02. The van der Waals surface area contributed by atoms with Gasteiger partial charge >= 0.3 is 6.03 Å². The van der Waals surface area contributed by atoms with E-state index in [1.54, 1.807) is 18.1 Å². The molecule has 0 saturated carbocycles. The molecule has 150 valence electrons. The highest BCUT2D eigenvalue weighted by molar-refractivity contribution is 9.10. The average molecular weight is 454 g/mol. The maximum atomic E-state index is 12.8. The van der Waals surface area contributed by atoms with Crippen molar-refractivity contribution in [2.75, 3.05) is 19.0 Å². The molecule has 0 aliphatic rings. The van der Waals surface area contributed by atoms with Gasteiger partial charge in [-0.15, -0.1) is 6.58 Å². The highest BCUT2D eigenvalue weighted by atomic mass is 79.9. The Labute approximate surface area is 179 Å². The molecule has 2 amide bonds. The number of nitrogens with one attached hydrogen (secondary N) is 1. The fourth-order valence-corrected chi connectivity index (χ4v) is 3.29. The fourth-order valence-electron chi connectivity index (χ4n) is 3.02. The Kier molecular flexibility index (Phi) is 7.14. The first-order valence-corrected chi connectivity index (χ1v) is 10.1. The van der Waals surface area contributed by atoms with Gasteiger partial charge in [0, 0.05) is 35.1 Å². The van der Waals surface area contributed by atoms with Crippen LogP contribution in [0.5, 0.6) is 5.75 Å². The van der Waals surface area contributed by atoms with Crippen molar-refractivity contribution in [3.8, 4) is 5.75 Å². The molecule has 0 spiro atoms. The van der Waals surface area contributed by atoms with E-state index in [0.29, 0.717) is 19.6 Å². The van der Waals surface area contributed by atoms with Crippen LogP contribution < -0.4 is 10.1 Å². The van der Waals surface area contributed by atoms with Crippen LogP contribution in [-0.4, -0.2) is 29.2 Å². The molecule has 0 aliphatic carbocycles. The largest absolute Gasteiger partial charge is 0.497 e. The van der Waals surface area contributed by atoms with Gasteiger partial charge in [0.05, 0.1) is 13.7 Å². The third-order valence-electron chi connectivity index (χ3n) is 4.50. The number of amides is 2. The summed E-state index contributed by atoms with van der Waals surface area (Å²) in [6.07, 6.45) is 3.75. The molecule has 0 aliphatic heterocycles. The Hall–Kier alpha value is -2.99. The third kappa shape index (κ3) is 5.74. The van der Waals surface area contributed by atoms with E-state index in [1.165, 1.54) is 0 Å². The number of urea groups is 1. The predicted octanol–water partition coefficient (Wildman–Crippen LogP) is 5.53. The minimum atomic E-state index is -0.165. The molecule has 0 atom stereocenters. The zero-order valence-electron chi connectivity index (χ0n) is 16.3. The van der Waals surface area contributed by atoms with E-state index in [2.05, 4.69) is 38.5 Å². The molecule has 5 nitrogen and oxygen atoms in total. The fraction of sp³-hybridized carbons (Fsp3) is 0.174. The second kappa shape index (κ2) is 9.98. The van der Waals surface area contributed by atoms with E-state index < -0.39 is 0 Å². The number of halogens is 1. The number of carbonyl (C=O) groups excluding carboxylic acids is 1. The van der Waals surface area contributed by atoms with Crippen LogP contribution in [0.2, 0.25) is 0 Å². The normalized spacial score (nSPS) is 10.4. The molecule has 1 aromatic heterocycles. The summed E-state index contributed by atoms with van der Waals surface area (Å²) >= 11 is 3.40. The summed E-state index contributed by atoms with van der Waals surface area (Å²) in [4.78, 5) is 14.5. The molecule has 0 radical (unpaired) electrons. The van der Waals surface area contributed by atoms with Crippen molar-refractivity contribution in [1.82, 2.24) is 9.47 Å². The molecular weight excluding hydrogens is 430 g/mol. The molecular formula is C23H24BrN3O2. The quantitative estimate of drug-likeness (QED) is 0.455.